The highest BCUT2D eigenvalue weighted by Crippen LogP contribution is 2.31. The molecule has 1 fully saturated rings. The largest absolute Gasteiger partial charge is 0.397 e. The number of rotatable bonds is 1. The van der Waals surface area contributed by atoms with Crippen LogP contribution in [0.2, 0.25) is 0 Å². The van der Waals surface area contributed by atoms with Gasteiger partial charge in [-0.2, -0.15) is 5.26 Å². The smallest absolute Gasteiger partial charge is 0.129 e. The zero-order chi connectivity index (χ0) is 10.7. The Morgan fingerprint density at radius 2 is 2.33 bits per heavy atom. The lowest BCUT2D eigenvalue weighted by Gasteiger charge is -2.19. The van der Waals surface area contributed by atoms with Crippen LogP contribution >= 0.6 is 11.3 Å². The van der Waals surface area contributed by atoms with Crippen LogP contribution in [0.15, 0.2) is 6.07 Å². The second kappa shape index (κ2) is 4.51. The molecule has 0 spiro atoms. The molecule has 3 N–H and O–H groups in total. The maximum atomic E-state index is 8.84. The van der Waals surface area contributed by atoms with E-state index in [1.165, 1.54) is 11.3 Å². The molecule has 2 rings (SSSR count). The highest BCUT2D eigenvalue weighted by Gasteiger charge is 2.13. The number of nitriles is 1. The Hall–Kier alpha value is -1.25. The normalized spacial score (nSPS) is 17.1. The highest BCUT2D eigenvalue weighted by molar-refractivity contribution is 7.17. The molecule has 0 amide bonds. The molecule has 0 radical (unpaired) electrons. The summed E-state index contributed by atoms with van der Waals surface area (Å²) < 4.78 is 0. The maximum Gasteiger partial charge on any atom is 0.129 e. The lowest BCUT2D eigenvalue weighted by atomic mass is 10.4. The minimum absolute atomic E-state index is 0.606. The Bertz CT molecular complexity index is 371. The zero-order valence-electron chi connectivity index (χ0n) is 8.49. The number of thiophene rings is 1. The van der Waals surface area contributed by atoms with Gasteiger partial charge >= 0.3 is 0 Å². The molecule has 0 aromatic carbocycles. The summed E-state index contributed by atoms with van der Waals surface area (Å²) in [5, 5.41) is 13.3. The molecule has 1 aliphatic rings. The van der Waals surface area contributed by atoms with E-state index in [1.807, 2.05) is 6.07 Å². The van der Waals surface area contributed by atoms with E-state index in [9.17, 15) is 0 Å². The molecule has 2 heterocycles. The Labute approximate surface area is 93.3 Å². The third-order valence-corrected chi connectivity index (χ3v) is 3.62. The first-order valence-electron chi connectivity index (χ1n) is 5.06. The lowest BCUT2D eigenvalue weighted by molar-refractivity contribution is 0.724. The van der Waals surface area contributed by atoms with Crippen LogP contribution in [0.3, 0.4) is 0 Å². The van der Waals surface area contributed by atoms with Gasteiger partial charge in [0.05, 0.1) is 10.7 Å². The fraction of sp³-hybridized carbons (Fsp3) is 0.500. The highest BCUT2D eigenvalue weighted by atomic mass is 32.1. The number of anilines is 2. The van der Waals surface area contributed by atoms with E-state index in [-0.39, 0.29) is 0 Å². The molecule has 1 aliphatic heterocycles. The van der Waals surface area contributed by atoms with Gasteiger partial charge in [0.15, 0.2) is 0 Å². The Morgan fingerprint density at radius 3 is 3.07 bits per heavy atom. The maximum absolute atomic E-state index is 8.84. The average molecular weight is 222 g/mol. The van der Waals surface area contributed by atoms with Crippen molar-refractivity contribution < 1.29 is 0 Å². The van der Waals surface area contributed by atoms with Gasteiger partial charge in [-0.3, -0.25) is 0 Å². The van der Waals surface area contributed by atoms with Crippen LogP contribution in [-0.4, -0.2) is 26.2 Å². The van der Waals surface area contributed by atoms with Gasteiger partial charge in [-0.15, -0.1) is 11.3 Å². The lowest BCUT2D eigenvalue weighted by Crippen LogP contribution is -2.26. The van der Waals surface area contributed by atoms with Gasteiger partial charge in [0.1, 0.15) is 10.9 Å². The number of hydrogen-bond acceptors (Lipinski definition) is 5. The number of nitrogens with two attached hydrogens (primary N) is 1. The second-order valence-corrected chi connectivity index (χ2v) is 4.60. The number of nitrogens with one attached hydrogen (secondary N) is 1. The van der Waals surface area contributed by atoms with Crippen molar-refractivity contribution in [2.45, 2.75) is 6.42 Å². The topological polar surface area (TPSA) is 65.1 Å². The van der Waals surface area contributed by atoms with Crippen molar-refractivity contribution >= 4 is 22.0 Å². The molecule has 4 nitrogen and oxygen atoms in total. The van der Waals surface area contributed by atoms with Crippen molar-refractivity contribution in [2.24, 2.45) is 0 Å². The van der Waals surface area contributed by atoms with Crippen LogP contribution in [0.25, 0.3) is 0 Å². The standard InChI is InChI=1S/C10H14N4S/c11-7-9-8(12)6-10(15-9)14-4-1-2-13-3-5-14/h6,13H,1-5,12H2. The Morgan fingerprint density at radius 1 is 1.47 bits per heavy atom. The third-order valence-electron chi connectivity index (χ3n) is 2.50. The van der Waals surface area contributed by atoms with Crippen LogP contribution in [0.1, 0.15) is 11.3 Å². The summed E-state index contributed by atoms with van der Waals surface area (Å²) in [4.78, 5) is 2.92. The van der Waals surface area contributed by atoms with E-state index < -0.39 is 0 Å². The number of nitrogens with zero attached hydrogens (tertiary/aromatic N) is 2. The average Bonchev–Trinajstić information content (AvgIpc) is 2.48. The van der Waals surface area contributed by atoms with Gasteiger partial charge in [0, 0.05) is 19.6 Å². The molecule has 1 aromatic rings. The predicted molar refractivity (Wildman–Crippen MR) is 63.1 cm³/mol. The van der Waals surface area contributed by atoms with Crippen LogP contribution in [0.4, 0.5) is 10.7 Å². The molecule has 1 saturated heterocycles. The molecule has 15 heavy (non-hydrogen) atoms. The van der Waals surface area contributed by atoms with E-state index >= 15 is 0 Å². The van der Waals surface area contributed by atoms with Gasteiger partial charge in [-0.1, -0.05) is 0 Å². The van der Waals surface area contributed by atoms with Gasteiger partial charge in [0.25, 0.3) is 0 Å². The summed E-state index contributed by atoms with van der Waals surface area (Å²) >= 11 is 1.49. The fourth-order valence-corrected chi connectivity index (χ4v) is 2.63. The van der Waals surface area contributed by atoms with Crippen molar-refractivity contribution in [3.05, 3.63) is 10.9 Å². The minimum atomic E-state index is 0.606. The summed E-state index contributed by atoms with van der Waals surface area (Å²) in [6.45, 7) is 4.10. The van der Waals surface area contributed by atoms with Gasteiger partial charge < -0.3 is 16.0 Å². The molecule has 0 unspecified atom stereocenters. The van der Waals surface area contributed by atoms with Crippen molar-refractivity contribution in [3.8, 4) is 6.07 Å². The van der Waals surface area contributed by atoms with E-state index in [2.05, 4.69) is 16.3 Å². The summed E-state index contributed by atoms with van der Waals surface area (Å²) in [5.74, 6) is 0. The monoisotopic (exact) mass is 222 g/mol. The minimum Gasteiger partial charge on any atom is -0.397 e. The zero-order valence-corrected chi connectivity index (χ0v) is 9.31. The van der Waals surface area contributed by atoms with E-state index in [0.717, 1.165) is 37.6 Å². The van der Waals surface area contributed by atoms with Crippen LogP contribution in [-0.2, 0) is 0 Å². The summed E-state index contributed by atoms with van der Waals surface area (Å²) in [5.41, 5.74) is 6.35. The third kappa shape index (κ3) is 2.22. The van der Waals surface area contributed by atoms with Crippen LogP contribution < -0.4 is 16.0 Å². The van der Waals surface area contributed by atoms with E-state index in [1.54, 1.807) is 0 Å². The fourth-order valence-electron chi connectivity index (χ4n) is 1.70. The Balaban J connectivity index is 2.17. The quantitative estimate of drug-likeness (QED) is 0.744. The first-order chi connectivity index (χ1) is 7.31. The van der Waals surface area contributed by atoms with Crippen LogP contribution in [0.5, 0.6) is 0 Å². The van der Waals surface area contributed by atoms with Crippen molar-refractivity contribution in [3.63, 3.8) is 0 Å². The van der Waals surface area contributed by atoms with Crippen LogP contribution in [0, 0.1) is 11.3 Å². The van der Waals surface area contributed by atoms with E-state index in [0.29, 0.717) is 10.6 Å². The molecular weight excluding hydrogens is 208 g/mol. The molecule has 0 aliphatic carbocycles. The Kier molecular flexibility index (Phi) is 3.09. The van der Waals surface area contributed by atoms with Crippen molar-refractivity contribution in [1.82, 2.24) is 5.32 Å². The van der Waals surface area contributed by atoms with E-state index in [4.69, 9.17) is 11.0 Å². The van der Waals surface area contributed by atoms with Crippen molar-refractivity contribution in [2.75, 3.05) is 36.8 Å². The predicted octanol–water partition coefficient (Wildman–Crippen LogP) is 1.00. The number of hydrogen-bond donors (Lipinski definition) is 2. The molecule has 0 bridgehead atoms. The van der Waals surface area contributed by atoms with Gasteiger partial charge in [-0.05, 0) is 19.0 Å². The molecule has 0 atom stereocenters. The molecule has 5 heteroatoms. The summed E-state index contributed by atoms with van der Waals surface area (Å²) in [6.07, 6.45) is 1.14. The second-order valence-electron chi connectivity index (χ2n) is 3.57. The molecule has 1 aromatic heterocycles. The van der Waals surface area contributed by atoms with Gasteiger partial charge in [0.2, 0.25) is 0 Å². The molecule has 0 saturated carbocycles. The summed E-state index contributed by atoms with van der Waals surface area (Å²) in [6, 6.07) is 4.03. The first-order valence-corrected chi connectivity index (χ1v) is 5.88. The van der Waals surface area contributed by atoms with Gasteiger partial charge in [-0.25, -0.2) is 0 Å². The first kappa shape index (κ1) is 10.3. The summed E-state index contributed by atoms with van der Waals surface area (Å²) in [7, 11) is 0. The number of nitrogen functional groups attached to an aromatic ring is 1. The van der Waals surface area contributed by atoms with Crippen molar-refractivity contribution in [1.29, 1.82) is 5.26 Å². The molecular formula is C10H14N4S. The SMILES string of the molecule is N#Cc1sc(N2CCCNCC2)cc1N. The molecule has 80 valence electrons.